The second-order valence-corrected chi connectivity index (χ2v) is 6.46. The molecule has 4 amide bonds. The number of anilines is 1. The number of methoxy groups -OCH3 is 3. The summed E-state index contributed by atoms with van der Waals surface area (Å²) in [7, 11) is 4.15. The largest absolute Gasteiger partial charge is 0.493 e. The maximum absolute atomic E-state index is 13.1. The Labute approximate surface area is 180 Å². The molecule has 1 saturated heterocycles. The second-order valence-electron chi connectivity index (χ2n) is 6.46. The first-order valence-corrected chi connectivity index (χ1v) is 8.99. The van der Waals surface area contributed by atoms with Crippen LogP contribution in [0.3, 0.4) is 0 Å². The number of nitrogens with one attached hydrogen (secondary N) is 1. The average Bonchev–Trinajstić information content (AvgIpc) is 2.75. The monoisotopic (exact) mass is 450 g/mol. The van der Waals surface area contributed by atoms with Crippen LogP contribution < -0.4 is 24.4 Å². The minimum Gasteiger partial charge on any atom is -0.493 e. The van der Waals surface area contributed by atoms with Gasteiger partial charge in [0.2, 0.25) is 5.75 Å². The minimum atomic E-state index is -4.68. The quantitative estimate of drug-likeness (QED) is 0.555. The number of halogens is 3. The fourth-order valence-electron chi connectivity index (χ4n) is 3.06. The van der Waals surface area contributed by atoms with E-state index in [4.69, 9.17) is 14.2 Å². The average molecular weight is 450 g/mol. The van der Waals surface area contributed by atoms with Gasteiger partial charge in [0.05, 0.1) is 32.6 Å². The maximum atomic E-state index is 13.1. The van der Waals surface area contributed by atoms with Crippen molar-refractivity contribution in [1.82, 2.24) is 5.32 Å². The molecule has 32 heavy (non-hydrogen) atoms. The number of barbiturate groups is 1. The van der Waals surface area contributed by atoms with Crippen LogP contribution in [0.5, 0.6) is 17.2 Å². The van der Waals surface area contributed by atoms with Gasteiger partial charge in [0.15, 0.2) is 11.5 Å². The SMILES string of the molecule is COc1cc(/C=C2\C(=O)NC(=O)N(c3cccc(C(F)(F)F)c3)C2=O)cc(OC)c1OC. The van der Waals surface area contributed by atoms with Gasteiger partial charge in [0, 0.05) is 0 Å². The second kappa shape index (κ2) is 8.61. The number of urea groups is 1. The Balaban J connectivity index is 2.07. The van der Waals surface area contributed by atoms with Crippen molar-refractivity contribution in [2.24, 2.45) is 0 Å². The van der Waals surface area contributed by atoms with Crippen molar-refractivity contribution in [2.45, 2.75) is 6.18 Å². The molecule has 8 nitrogen and oxygen atoms in total. The first-order valence-electron chi connectivity index (χ1n) is 8.99. The highest BCUT2D eigenvalue weighted by atomic mass is 19.4. The van der Waals surface area contributed by atoms with Crippen LogP contribution in [0.25, 0.3) is 6.08 Å². The summed E-state index contributed by atoms with van der Waals surface area (Å²) in [5.74, 6) is -1.33. The lowest BCUT2D eigenvalue weighted by atomic mass is 10.1. The zero-order valence-corrected chi connectivity index (χ0v) is 17.1. The van der Waals surface area contributed by atoms with Gasteiger partial charge >= 0.3 is 12.2 Å². The third-order valence-electron chi connectivity index (χ3n) is 4.53. The van der Waals surface area contributed by atoms with E-state index in [2.05, 4.69) is 0 Å². The third kappa shape index (κ3) is 4.22. The molecule has 0 bridgehead atoms. The predicted octanol–water partition coefficient (Wildman–Crippen LogP) is 3.40. The fourth-order valence-corrected chi connectivity index (χ4v) is 3.06. The van der Waals surface area contributed by atoms with Crippen molar-refractivity contribution in [3.05, 3.63) is 53.1 Å². The molecule has 0 radical (unpaired) electrons. The molecule has 11 heteroatoms. The van der Waals surface area contributed by atoms with E-state index in [-0.39, 0.29) is 28.5 Å². The highest BCUT2D eigenvalue weighted by molar-refractivity contribution is 6.39. The molecule has 168 valence electrons. The van der Waals surface area contributed by atoms with Gasteiger partial charge in [0.1, 0.15) is 5.57 Å². The number of alkyl halides is 3. The van der Waals surface area contributed by atoms with E-state index in [1.165, 1.54) is 33.5 Å². The number of amides is 4. The van der Waals surface area contributed by atoms with Crippen LogP contribution in [0.2, 0.25) is 0 Å². The van der Waals surface area contributed by atoms with Crippen molar-refractivity contribution in [2.75, 3.05) is 26.2 Å². The van der Waals surface area contributed by atoms with Crippen LogP contribution in [-0.2, 0) is 15.8 Å². The zero-order valence-electron chi connectivity index (χ0n) is 17.1. The Morgan fingerprint density at radius 3 is 2.09 bits per heavy atom. The Morgan fingerprint density at radius 1 is 0.938 bits per heavy atom. The first-order chi connectivity index (χ1) is 15.1. The van der Waals surface area contributed by atoms with Gasteiger partial charge in [0.25, 0.3) is 11.8 Å². The summed E-state index contributed by atoms with van der Waals surface area (Å²) in [6.07, 6.45) is -3.52. The Morgan fingerprint density at radius 2 is 1.56 bits per heavy atom. The Bertz CT molecular complexity index is 1100. The number of hydrogen-bond acceptors (Lipinski definition) is 6. The molecule has 0 aromatic heterocycles. The van der Waals surface area contributed by atoms with Crippen LogP contribution >= 0.6 is 0 Å². The van der Waals surface area contributed by atoms with E-state index in [0.717, 1.165) is 24.3 Å². The first kappa shape index (κ1) is 22.7. The lowest BCUT2D eigenvalue weighted by molar-refractivity contribution is -0.137. The van der Waals surface area contributed by atoms with E-state index in [1.807, 2.05) is 5.32 Å². The van der Waals surface area contributed by atoms with E-state index in [9.17, 15) is 27.6 Å². The van der Waals surface area contributed by atoms with Gasteiger partial charge in [-0.2, -0.15) is 13.2 Å². The molecule has 0 unspecified atom stereocenters. The Hall–Kier alpha value is -4.02. The number of rotatable bonds is 5. The number of ether oxygens (including phenoxy) is 3. The van der Waals surface area contributed by atoms with E-state index in [0.29, 0.717) is 11.0 Å². The van der Waals surface area contributed by atoms with Crippen molar-refractivity contribution >= 4 is 29.6 Å². The number of benzene rings is 2. The van der Waals surface area contributed by atoms with Crippen LogP contribution in [-0.4, -0.2) is 39.2 Å². The van der Waals surface area contributed by atoms with Crippen LogP contribution in [0, 0.1) is 0 Å². The van der Waals surface area contributed by atoms with Gasteiger partial charge < -0.3 is 14.2 Å². The highest BCUT2D eigenvalue weighted by Crippen LogP contribution is 2.39. The third-order valence-corrected chi connectivity index (χ3v) is 4.53. The summed E-state index contributed by atoms with van der Waals surface area (Å²) in [6.45, 7) is 0. The van der Waals surface area contributed by atoms with E-state index in [1.54, 1.807) is 0 Å². The summed E-state index contributed by atoms with van der Waals surface area (Å²) in [6, 6.07) is 5.40. The molecule has 1 aliphatic rings. The van der Waals surface area contributed by atoms with Gasteiger partial charge in [-0.3, -0.25) is 14.9 Å². The number of hydrogen-bond donors (Lipinski definition) is 1. The summed E-state index contributed by atoms with van der Waals surface area (Å²) in [4.78, 5) is 38.0. The van der Waals surface area contributed by atoms with Gasteiger partial charge in [-0.1, -0.05) is 6.07 Å². The topological polar surface area (TPSA) is 94.2 Å². The molecule has 0 aliphatic carbocycles. The van der Waals surface area contributed by atoms with Crippen LogP contribution in [0.15, 0.2) is 42.0 Å². The smallest absolute Gasteiger partial charge is 0.416 e. The van der Waals surface area contributed by atoms with Crippen LogP contribution in [0.4, 0.5) is 23.7 Å². The summed E-state index contributed by atoms with van der Waals surface area (Å²) in [5, 5.41) is 1.96. The van der Waals surface area contributed by atoms with Crippen molar-refractivity contribution in [3.63, 3.8) is 0 Å². The molecule has 0 atom stereocenters. The predicted molar refractivity (Wildman–Crippen MR) is 107 cm³/mol. The molecule has 2 aromatic carbocycles. The highest BCUT2D eigenvalue weighted by Gasteiger charge is 2.38. The molecule has 1 heterocycles. The number of carbonyl (C=O) groups is 3. The van der Waals surface area contributed by atoms with Crippen LogP contribution in [0.1, 0.15) is 11.1 Å². The van der Waals surface area contributed by atoms with Gasteiger partial charge in [-0.25, -0.2) is 9.69 Å². The zero-order chi connectivity index (χ0) is 23.6. The molecule has 2 aromatic rings. The fraction of sp³-hybridized carbons (Fsp3) is 0.190. The van der Waals surface area contributed by atoms with Gasteiger partial charge in [-0.15, -0.1) is 0 Å². The summed E-state index contributed by atoms with van der Waals surface area (Å²) in [5.41, 5.74) is -1.58. The summed E-state index contributed by atoms with van der Waals surface area (Å²) >= 11 is 0. The number of imide groups is 2. The number of nitrogens with zero attached hydrogens (tertiary/aromatic N) is 1. The molecule has 0 spiro atoms. The van der Waals surface area contributed by atoms with Crippen molar-refractivity contribution < 1.29 is 41.8 Å². The Kier molecular flexibility index (Phi) is 6.10. The maximum Gasteiger partial charge on any atom is 0.416 e. The molecular weight excluding hydrogens is 433 g/mol. The minimum absolute atomic E-state index is 0.244. The normalized spacial score (nSPS) is 15.6. The van der Waals surface area contributed by atoms with Crippen molar-refractivity contribution in [1.29, 1.82) is 0 Å². The number of carbonyl (C=O) groups excluding carboxylic acids is 3. The summed E-state index contributed by atoms with van der Waals surface area (Å²) < 4.78 is 54.8. The lowest BCUT2D eigenvalue weighted by Gasteiger charge is -2.27. The van der Waals surface area contributed by atoms with E-state index >= 15 is 0 Å². The molecule has 1 aliphatic heterocycles. The standard InChI is InChI=1S/C21H17F3N2O6/c1-30-15-8-11(9-16(31-2)17(15)32-3)7-14-18(27)25-20(29)26(19(14)28)13-6-4-5-12(10-13)21(22,23)24/h4-10H,1-3H3,(H,25,27,29)/b14-7+. The molecular formula is C21H17F3N2O6. The van der Waals surface area contributed by atoms with E-state index < -0.39 is 35.2 Å². The lowest BCUT2D eigenvalue weighted by Crippen LogP contribution is -2.54. The molecule has 1 fully saturated rings. The molecule has 0 saturated carbocycles. The van der Waals surface area contributed by atoms with Crippen molar-refractivity contribution in [3.8, 4) is 17.2 Å². The molecule has 1 N–H and O–H groups in total. The van der Waals surface area contributed by atoms with Gasteiger partial charge in [-0.05, 0) is 42.0 Å². The molecule has 3 rings (SSSR count).